The molecule has 0 saturated heterocycles. The van der Waals surface area contributed by atoms with E-state index < -0.39 is 5.97 Å². The highest BCUT2D eigenvalue weighted by Gasteiger charge is 2.12. The van der Waals surface area contributed by atoms with Gasteiger partial charge in [-0.05, 0) is 19.4 Å². The van der Waals surface area contributed by atoms with Crippen LogP contribution in [0.1, 0.15) is 30.4 Å². The molecule has 0 spiro atoms. The van der Waals surface area contributed by atoms with Crippen molar-refractivity contribution in [3.05, 3.63) is 29.3 Å². The molecular formula is C15H21NO4. The van der Waals surface area contributed by atoms with Crippen molar-refractivity contribution in [2.45, 2.75) is 32.7 Å². The smallest absolute Gasteiger partial charge is 0.303 e. The molecule has 0 atom stereocenters. The predicted octanol–water partition coefficient (Wildman–Crippen LogP) is 2.22. The lowest BCUT2D eigenvalue weighted by Gasteiger charge is -2.19. The van der Waals surface area contributed by atoms with Gasteiger partial charge in [-0.2, -0.15) is 0 Å². The molecule has 0 aliphatic heterocycles. The van der Waals surface area contributed by atoms with Gasteiger partial charge in [-0.25, -0.2) is 0 Å². The molecule has 1 aromatic carbocycles. The molecule has 5 heteroatoms. The predicted molar refractivity (Wildman–Crippen MR) is 75.7 cm³/mol. The standard InChI is InChI=1S/C15H21NO4/c1-11-7-8-13(20-3)12(9-11)10-16(2)14(17)5-4-6-15(18)19/h7-9H,4-6,10H2,1-3H3,(H,18,19). The number of amides is 1. The number of carboxylic acids is 1. The number of hydrogen-bond acceptors (Lipinski definition) is 3. The number of aliphatic carboxylic acids is 1. The Balaban J connectivity index is 2.61. The van der Waals surface area contributed by atoms with Crippen LogP contribution >= 0.6 is 0 Å². The van der Waals surface area contributed by atoms with Crippen LogP contribution in [0.2, 0.25) is 0 Å². The zero-order valence-corrected chi connectivity index (χ0v) is 12.2. The van der Waals surface area contributed by atoms with Crippen molar-refractivity contribution in [1.29, 1.82) is 0 Å². The van der Waals surface area contributed by atoms with Gasteiger partial charge in [-0.15, -0.1) is 0 Å². The monoisotopic (exact) mass is 279 g/mol. The highest BCUT2D eigenvalue weighted by atomic mass is 16.5. The molecule has 0 fully saturated rings. The van der Waals surface area contributed by atoms with Crippen molar-refractivity contribution in [3.63, 3.8) is 0 Å². The summed E-state index contributed by atoms with van der Waals surface area (Å²) in [4.78, 5) is 23.9. The number of nitrogens with zero attached hydrogens (tertiary/aromatic N) is 1. The van der Waals surface area contributed by atoms with Crippen LogP contribution in [-0.2, 0) is 16.1 Å². The van der Waals surface area contributed by atoms with E-state index in [0.717, 1.165) is 16.9 Å². The number of carboxylic acid groups (broad SMARTS) is 1. The maximum atomic E-state index is 11.9. The largest absolute Gasteiger partial charge is 0.496 e. The second kappa shape index (κ2) is 7.53. The summed E-state index contributed by atoms with van der Waals surface area (Å²) >= 11 is 0. The Morgan fingerprint density at radius 1 is 1.30 bits per heavy atom. The average molecular weight is 279 g/mol. The van der Waals surface area contributed by atoms with E-state index in [1.807, 2.05) is 25.1 Å². The Morgan fingerprint density at radius 2 is 2.00 bits per heavy atom. The molecule has 1 amide bonds. The topological polar surface area (TPSA) is 66.8 Å². The van der Waals surface area contributed by atoms with E-state index in [9.17, 15) is 9.59 Å². The molecule has 0 unspecified atom stereocenters. The molecular weight excluding hydrogens is 258 g/mol. The van der Waals surface area contributed by atoms with Crippen LogP contribution in [0.5, 0.6) is 5.75 Å². The summed E-state index contributed by atoms with van der Waals surface area (Å²) in [5.74, 6) is -0.184. The van der Waals surface area contributed by atoms with Gasteiger partial charge in [0.25, 0.3) is 0 Å². The fraction of sp³-hybridized carbons (Fsp3) is 0.467. The zero-order chi connectivity index (χ0) is 15.1. The minimum atomic E-state index is -0.874. The molecule has 0 radical (unpaired) electrons. The third-order valence-corrected chi connectivity index (χ3v) is 3.05. The minimum absolute atomic E-state index is 0.0212. The lowest BCUT2D eigenvalue weighted by atomic mass is 10.1. The first kappa shape index (κ1) is 16.0. The number of rotatable bonds is 7. The number of carbonyl (C=O) groups is 2. The highest BCUT2D eigenvalue weighted by Crippen LogP contribution is 2.21. The van der Waals surface area contributed by atoms with Crippen LogP contribution < -0.4 is 4.74 Å². The van der Waals surface area contributed by atoms with E-state index in [0.29, 0.717) is 13.0 Å². The Bertz CT molecular complexity index is 485. The molecule has 0 aliphatic rings. The molecule has 5 nitrogen and oxygen atoms in total. The third-order valence-electron chi connectivity index (χ3n) is 3.05. The highest BCUT2D eigenvalue weighted by molar-refractivity contribution is 5.76. The van der Waals surface area contributed by atoms with Gasteiger partial charge >= 0.3 is 5.97 Å². The maximum Gasteiger partial charge on any atom is 0.303 e. The van der Waals surface area contributed by atoms with Crippen LogP contribution in [0.15, 0.2) is 18.2 Å². The van der Waals surface area contributed by atoms with E-state index in [2.05, 4.69) is 0 Å². The van der Waals surface area contributed by atoms with Gasteiger partial charge in [0.05, 0.1) is 7.11 Å². The average Bonchev–Trinajstić information content (AvgIpc) is 2.38. The lowest BCUT2D eigenvalue weighted by Crippen LogP contribution is -2.26. The Morgan fingerprint density at radius 3 is 2.60 bits per heavy atom. The number of carbonyl (C=O) groups excluding carboxylic acids is 1. The summed E-state index contributed by atoms with van der Waals surface area (Å²) in [5, 5.41) is 8.56. The Labute approximate surface area is 119 Å². The van der Waals surface area contributed by atoms with Gasteiger partial charge in [0.15, 0.2) is 0 Å². The van der Waals surface area contributed by atoms with E-state index in [1.165, 1.54) is 0 Å². The Hall–Kier alpha value is -2.04. The van der Waals surface area contributed by atoms with Crippen molar-refractivity contribution in [2.75, 3.05) is 14.2 Å². The number of hydrogen-bond donors (Lipinski definition) is 1. The quantitative estimate of drug-likeness (QED) is 0.831. The first-order valence-corrected chi connectivity index (χ1v) is 6.53. The molecule has 20 heavy (non-hydrogen) atoms. The van der Waals surface area contributed by atoms with Crippen molar-refractivity contribution in [1.82, 2.24) is 4.90 Å². The Kier molecular flexibility index (Phi) is 6.03. The molecule has 1 N–H and O–H groups in total. The number of ether oxygens (including phenoxy) is 1. The second-order valence-corrected chi connectivity index (χ2v) is 4.81. The van der Waals surface area contributed by atoms with E-state index in [1.54, 1.807) is 19.1 Å². The van der Waals surface area contributed by atoms with Crippen LogP contribution in [0.25, 0.3) is 0 Å². The first-order chi connectivity index (χ1) is 9.43. The van der Waals surface area contributed by atoms with Crippen LogP contribution in [0, 0.1) is 6.92 Å². The van der Waals surface area contributed by atoms with Gasteiger partial charge in [-0.1, -0.05) is 17.7 Å². The molecule has 110 valence electrons. The van der Waals surface area contributed by atoms with E-state index in [-0.39, 0.29) is 18.7 Å². The normalized spacial score (nSPS) is 10.2. The van der Waals surface area contributed by atoms with Gasteiger partial charge in [-0.3, -0.25) is 9.59 Å². The molecule has 0 heterocycles. The fourth-order valence-electron chi connectivity index (χ4n) is 1.96. The molecule has 1 aromatic rings. The minimum Gasteiger partial charge on any atom is -0.496 e. The van der Waals surface area contributed by atoms with Gasteiger partial charge in [0, 0.05) is 32.0 Å². The zero-order valence-electron chi connectivity index (χ0n) is 12.2. The summed E-state index contributed by atoms with van der Waals surface area (Å²) in [5.41, 5.74) is 2.05. The molecule has 0 bridgehead atoms. The van der Waals surface area contributed by atoms with Crippen molar-refractivity contribution < 1.29 is 19.4 Å². The summed E-state index contributed by atoms with van der Waals surface area (Å²) in [6.07, 6.45) is 0.633. The maximum absolute atomic E-state index is 11.9. The number of benzene rings is 1. The van der Waals surface area contributed by atoms with Gasteiger partial charge < -0.3 is 14.7 Å². The molecule has 0 aliphatic carbocycles. The number of methoxy groups -OCH3 is 1. The molecule has 0 aromatic heterocycles. The van der Waals surface area contributed by atoms with Crippen molar-refractivity contribution in [2.24, 2.45) is 0 Å². The SMILES string of the molecule is COc1ccc(C)cc1CN(C)C(=O)CCCC(=O)O. The summed E-state index contributed by atoms with van der Waals surface area (Å²) in [6, 6.07) is 5.82. The van der Waals surface area contributed by atoms with Crippen LogP contribution in [0.3, 0.4) is 0 Å². The van der Waals surface area contributed by atoms with Crippen LogP contribution in [-0.4, -0.2) is 36.0 Å². The van der Waals surface area contributed by atoms with Crippen LogP contribution in [0.4, 0.5) is 0 Å². The molecule has 0 saturated carbocycles. The van der Waals surface area contributed by atoms with Gasteiger partial charge in [0.2, 0.25) is 5.91 Å². The second-order valence-electron chi connectivity index (χ2n) is 4.81. The van der Waals surface area contributed by atoms with E-state index in [4.69, 9.17) is 9.84 Å². The van der Waals surface area contributed by atoms with Crippen molar-refractivity contribution in [3.8, 4) is 5.75 Å². The van der Waals surface area contributed by atoms with E-state index >= 15 is 0 Å². The number of aryl methyl sites for hydroxylation is 1. The van der Waals surface area contributed by atoms with Crippen molar-refractivity contribution >= 4 is 11.9 Å². The summed E-state index contributed by atoms with van der Waals surface area (Å²) in [7, 11) is 3.31. The summed E-state index contributed by atoms with van der Waals surface area (Å²) < 4.78 is 5.28. The fourth-order valence-corrected chi connectivity index (χ4v) is 1.96. The lowest BCUT2D eigenvalue weighted by molar-refractivity contribution is -0.137. The summed E-state index contributed by atoms with van der Waals surface area (Å²) in [6.45, 7) is 2.44. The third kappa shape index (κ3) is 4.91. The first-order valence-electron chi connectivity index (χ1n) is 6.53. The molecule has 1 rings (SSSR count). The van der Waals surface area contributed by atoms with Gasteiger partial charge in [0.1, 0.15) is 5.75 Å².